The Bertz CT molecular complexity index is 674. The van der Waals surface area contributed by atoms with Gasteiger partial charge in [-0.25, -0.2) is 4.79 Å². The maximum atomic E-state index is 11.5. The first-order valence-corrected chi connectivity index (χ1v) is 6.17. The number of aliphatic hydroxyl groups excluding tert-OH is 1. The van der Waals surface area contributed by atoms with E-state index in [1.807, 2.05) is 25.1 Å². The zero-order chi connectivity index (χ0) is 13.6. The minimum atomic E-state index is -1.15. The first-order chi connectivity index (χ1) is 9.06. The number of cyclic esters (lactones) is 1. The third-order valence-corrected chi connectivity index (χ3v) is 3.45. The Kier molecular flexibility index (Phi) is 2.64. The van der Waals surface area contributed by atoms with E-state index in [0.717, 1.165) is 11.1 Å². The molecule has 1 atom stereocenters. The van der Waals surface area contributed by atoms with Gasteiger partial charge in [0.2, 0.25) is 6.29 Å². The SMILES string of the molecule is Cc1ccc(-c2ccc3c(c2)C(O)OC3=O)c(C)c1. The fourth-order valence-corrected chi connectivity index (χ4v) is 2.49. The number of ether oxygens (including phenoxy) is 1. The molecule has 2 aromatic carbocycles. The second-order valence-corrected chi connectivity index (χ2v) is 4.88. The number of hydrogen-bond acceptors (Lipinski definition) is 3. The van der Waals surface area contributed by atoms with Crippen LogP contribution in [0.2, 0.25) is 0 Å². The van der Waals surface area contributed by atoms with Gasteiger partial charge in [0, 0.05) is 5.56 Å². The number of rotatable bonds is 1. The Labute approximate surface area is 111 Å². The molecule has 0 saturated heterocycles. The lowest BCUT2D eigenvalue weighted by molar-refractivity contribution is -0.0547. The van der Waals surface area contributed by atoms with E-state index in [4.69, 9.17) is 4.74 Å². The highest BCUT2D eigenvalue weighted by Crippen LogP contribution is 2.33. The molecule has 0 amide bonds. The zero-order valence-corrected chi connectivity index (χ0v) is 10.8. The Morgan fingerprint density at radius 2 is 1.79 bits per heavy atom. The molecule has 0 bridgehead atoms. The summed E-state index contributed by atoms with van der Waals surface area (Å²) < 4.78 is 4.79. The van der Waals surface area contributed by atoms with Gasteiger partial charge in [0.25, 0.3) is 0 Å². The quantitative estimate of drug-likeness (QED) is 0.795. The molecule has 1 N–H and O–H groups in total. The molecule has 1 aliphatic rings. The molecule has 0 aliphatic carbocycles. The van der Waals surface area contributed by atoms with Crippen LogP contribution in [0, 0.1) is 13.8 Å². The molecule has 3 rings (SSSR count). The van der Waals surface area contributed by atoms with Gasteiger partial charge >= 0.3 is 5.97 Å². The van der Waals surface area contributed by atoms with Crippen LogP contribution in [0.1, 0.15) is 33.3 Å². The van der Waals surface area contributed by atoms with Crippen molar-refractivity contribution >= 4 is 5.97 Å². The summed E-state index contributed by atoms with van der Waals surface area (Å²) in [4.78, 5) is 11.5. The van der Waals surface area contributed by atoms with Crippen LogP contribution in [0.3, 0.4) is 0 Å². The Morgan fingerprint density at radius 1 is 1.05 bits per heavy atom. The van der Waals surface area contributed by atoms with Crippen molar-refractivity contribution in [2.75, 3.05) is 0 Å². The highest BCUT2D eigenvalue weighted by Gasteiger charge is 2.29. The molecule has 0 fully saturated rings. The van der Waals surface area contributed by atoms with E-state index in [2.05, 4.69) is 19.1 Å². The second kappa shape index (κ2) is 4.21. The molecule has 19 heavy (non-hydrogen) atoms. The number of hydrogen-bond donors (Lipinski definition) is 1. The number of benzene rings is 2. The van der Waals surface area contributed by atoms with E-state index < -0.39 is 12.3 Å². The van der Waals surface area contributed by atoms with Gasteiger partial charge in [0.05, 0.1) is 5.56 Å². The Hall–Kier alpha value is -2.13. The molecule has 0 aromatic heterocycles. The standard InChI is InChI=1S/C16H14O3/c1-9-3-5-12(10(2)7-9)11-4-6-13-14(8-11)16(18)19-15(13)17/h3-8,16,18H,1-2H3. The third-order valence-electron chi connectivity index (χ3n) is 3.45. The van der Waals surface area contributed by atoms with Gasteiger partial charge in [0.15, 0.2) is 0 Å². The number of aliphatic hydroxyl groups is 1. The highest BCUT2D eigenvalue weighted by molar-refractivity contribution is 5.94. The van der Waals surface area contributed by atoms with Crippen molar-refractivity contribution in [2.24, 2.45) is 0 Å². The summed E-state index contributed by atoms with van der Waals surface area (Å²) in [5.74, 6) is -0.463. The smallest absolute Gasteiger partial charge is 0.341 e. The minimum absolute atomic E-state index is 0.445. The largest absolute Gasteiger partial charge is 0.428 e. The van der Waals surface area contributed by atoms with Crippen LogP contribution in [0.15, 0.2) is 36.4 Å². The zero-order valence-electron chi connectivity index (χ0n) is 10.8. The Morgan fingerprint density at radius 3 is 2.53 bits per heavy atom. The molecular formula is C16H14O3. The normalized spacial score (nSPS) is 17.2. The van der Waals surface area contributed by atoms with Gasteiger partial charge in [-0.2, -0.15) is 0 Å². The summed E-state index contributed by atoms with van der Waals surface area (Å²) in [6, 6.07) is 11.6. The molecule has 3 heteroatoms. The number of esters is 1. The van der Waals surface area contributed by atoms with Crippen molar-refractivity contribution in [3.63, 3.8) is 0 Å². The van der Waals surface area contributed by atoms with Crippen LogP contribution in [0.25, 0.3) is 11.1 Å². The predicted octanol–water partition coefficient (Wildman–Crippen LogP) is 3.13. The molecule has 96 valence electrons. The molecule has 2 aromatic rings. The summed E-state index contributed by atoms with van der Waals surface area (Å²) in [6.07, 6.45) is -1.15. The second-order valence-electron chi connectivity index (χ2n) is 4.88. The van der Waals surface area contributed by atoms with Crippen molar-refractivity contribution in [2.45, 2.75) is 20.1 Å². The maximum absolute atomic E-state index is 11.5. The monoisotopic (exact) mass is 254 g/mol. The summed E-state index contributed by atoms with van der Waals surface area (Å²) in [5, 5.41) is 9.69. The van der Waals surface area contributed by atoms with Crippen LogP contribution in [0.4, 0.5) is 0 Å². The molecular weight excluding hydrogens is 240 g/mol. The summed E-state index contributed by atoms with van der Waals surface area (Å²) in [6.45, 7) is 4.10. The van der Waals surface area contributed by atoms with Crippen molar-refractivity contribution < 1.29 is 14.6 Å². The highest BCUT2D eigenvalue weighted by atomic mass is 16.6. The average Bonchev–Trinajstić information content (AvgIpc) is 2.65. The van der Waals surface area contributed by atoms with Crippen molar-refractivity contribution in [3.05, 3.63) is 58.7 Å². The average molecular weight is 254 g/mol. The lowest BCUT2D eigenvalue weighted by Crippen LogP contribution is -1.95. The van der Waals surface area contributed by atoms with E-state index in [1.54, 1.807) is 6.07 Å². The van der Waals surface area contributed by atoms with Crippen molar-refractivity contribution in [1.29, 1.82) is 0 Å². The number of fused-ring (bicyclic) bond motifs is 1. The van der Waals surface area contributed by atoms with E-state index >= 15 is 0 Å². The van der Waals surface area contributed by atoms with Crippen LogP contribution < -0.4 is 0 Å². The maximum Gasteiger partial charge on any atom is 0.341 e. The summed E-state index contributed by atoms with van der Waals surface area (Å²) in [7, 11) is 0. The first-order valence-electron chi connectivity index (χ1n) is 6.17. The lowest BCUT2D eigenvalue weighted by Gasteiger charge is -2.09. The predicted molar refractivity (Wildman–Crippen MR) is 71.7 cm³/mol. The van der Waals surface area contributed by atoms with Crippen LogP contribution in [0.5, 0.6) is 0 Å². The van der Waals surface area contributed by atoms with E-state index in [9.17, 15) is 9.90 Å². The van der Waals surface area contributed by atoms with Gasteiger partial charge in [-0.05, 0) is 42.7 Å². The fourth-order valence-electron chi connectivity index (χ4n) is 2.49. The molecule has 0 radical (unpaired) electrons. The van der Waals surface area contributed by atoms with E-state index in [0.29, 0.717) is 11.1 Å². The number of carbonyl (C=O) groups excluding carboxylic acids is 1. The number of aryl methyl sites for hydroxylation is 2. The topological polar surface area (TPSA) is 46.5 Å². The van der Waals surface area contributed by atoms with E-state index in [-0.39, 0.29) is 0 Å². The van der Waals surface area contributed by atoms with Gasteiger partial charge in [0.1, 0.15) is 0 Å². The van der Waals surface area contributed by atoms with Crippen LogP contribution in [-0.2, 0) is 4.74 Å². The fraction of sp³-hybridized carbons (Fsp3) is 0.188. The Balaban J connectivity index is 2.13. The van der Waals surface area contributed by atoms with Gasteiger partial charge < -0.3 is 9.84 Å². The summed E-state index contributed by atoms with van der Waals surface area (Å²) >= 11 is 0. The van der Waals surface area contributed by atoms with Gasteiger partial charge in [-0.3, -0.25) is 0 Å². The molecule has 3 nitrogen and oxygen atoms in total. The molecule has 1 unspecified atom stereocenters. The first kappa shape index (κ1) is 11.9. The van der Waals surface area contributed by atoms with Crippen LogP contribution in [-0.4, -0.2) is 11.1 Å². The third kappa shape index (κ3) is 1.92. The molecule has 1 aliphatic heterocycles. The molecule has 1 heterocycles. The summed E-state index contributed by atoms with van der Waals surface area (Å²) in [5.41, 5.74) is 5.44. The van der Waals surface area contributed by atoms with Crippen LogP contribution >= 0.6 is 0 Å². The van der Waals surface area contributed by atoms with Gasteiger partial charge in [-0.1, -0.05) is 29.8 Å². The molecule has 0 saturated carbocycles. The van der Waals surface area contributed by atoms with E-state index in [1.165, 1.54) is 11.1 Å². The number of carbonyl (C=O) groups is 1. The lowest BCUT2D eigenvalue weighted by atomic mass is 9.96. The van der Waals surface area contributed by atoms with Gasteiger partial charge in [-0.15, -0.1) is 0 Å². The molecule has 0 spiro atoms. The van der Waals surface area contributed by atoms with Crippen molar-refractivity contribution in [1.82, 2.24) is 0 Å². The van der Waals surface area contributed by atoms with Crippen molar-refractivity contribution in [3.8, 4) is 11.1 Å². The minimum Gasteiger partial charge on any atom is -0.428 e.